The number of anilines is 1. The zero-order valence-corrected chi connectivity index (χ0v) is 9.27. The van der Waals surface area contributed by atoms with Gasteiger partial charge in [0.25, 0.3) is 0 Å². The van der Waals surface area contributed by atoms with Gasteiger partial charge in [0.15, 0.2) is 5.11 Å². The van der Waals surface area contributed by atoms with E-state index in [0.717, 1.165) is 16.5 Å². The van der Waals surface area contributed by atoms with Crippen LogP contribution in [-0.2, 0) is 0 Å². The summed E-state index contributed by atoms with van der Waals surface area (Å²) in [6, 6.07) is 5.55. The minimum atomic E-state index is 0.196. The summed E-state index contributed by atoms with van der Waals surface area (Å²) in [7, 11) is 0. The molecule has 0 aliphatic carbocycles. The molecule has 3 N–H and O–H groups in total. The fraction of sp³-hybridized carbons (Fsp3) is 0. The minimum Gasteiger partial charge on any atom is -0.376 e. The van der Waals surface area contributed by atoms with Crippen molar-refractivity contribution in [1.82, 2.24) is 4.98 Å². The van der Waals surface area contributed by atoms with Crippen molar-refractivity contribution in [2.75, 3.05) is 5.32 Å². The molecule has 76 valence electrons. The van der Waals surface area contributed by atoms with Crippen molar-refractivity contribution in [1.29, 1.82) is 0 Å². The van der Waals surface area contributed by atoms with Crippen LogP contribution in [0.4, 0.5) is 5.69 Å². The van der Waals surface area contributed by atoms with Crippen LogP contribution in [0, 0.1) is 0 Å². The van der Waals surface area contributed by atoms with E-state index in [1.807, 2.05) is 12.1 Å². The lowest BCUT2D eigenvalue weighted by Crippen LogP contribution is -2.19. The van der Waals surface area contributed by atoms with Crippen LogP contribution < -0.4 is 11.1 Å². The van der Waals surface area contributed by atoms with Crippen molar-refractivity contribution in [2.45, 2.75) is 0 Å². The molecule has 1 aromatic heterocycles. The van der Waals surface area contributed by atoms with Crippen LogP contribution in [0.15, 0.2) is 30.6 Å². The van der Waals surface area contributed by atoms with E-state index in [1.165, 1.54) is 0 Å². The second-order valence-corrected chi connectivity index (χ2v) is 3.86. The molecule has 15 heavy (non-hydrogen) atoms. The first-order chi connectivity index (χ1) is 7.18. The molecule has 0 bridgehead atoms. The smallest absolute Gasteiger partial charge is 0.168 e. The summed E-state index contributed by atoms with van der Waals surface area (Å²) in [6.07, 6.45) is 3.46. The standard InChI is InChI=1S/C10H8ClN3S/c11-8-2-1-6-5-13-4-3-7(6)9(8)14-10(12)15/h1-5H,(H3,12,14,15). The van der Waals surface area contributed by atoms with Crippen molar-refractivity contribution in [3.8, 4) is 0 Å². The van der Waals surface area contributed by atoms with Gasteiger partial charge in [-0.2, -0.15) is 0 Å². The molecule has 0 amide bonds. The van der Waals surface area contributed by atoms with E-state index in [4.69, 9.17) is 29.6 Å². The van der Waals surface area contributed by atoms with Crippen LogP contribution in [0.1, 0.15) is 0 Å². The summed E-state index contributed by atoms with van der Waals surface area (Å²) in [4.78, 5) is 4.03. The minimum absolute atomic E-state index is 0.196. The highest BCUT2D eigenvalue weighted by Gasteiger charge is 2.05. The first kappa shape index (κ1) is 10.1. The van der Waals surface area contributed by atoms with Crippen LogP contribution in [0.25, 0.3) is 10.8 Å². The van der Waals surface area contributed by atoms with Crippen molar-refractivity contribution in [2.24, 2.45) is 5.73 Å². The molecule has 0 aliphatic rings. The van der Waals surface area contributed by atoms with Gasteiger partial charge in [0.2, 0.25) is 0 Å². The summed E-state index contributed by atoms with van der Waals surface area (Å²) < 4.78 is 0. The number of thiocarbonyl (C=S) groups is 1. The molecule has 5 heteroatoms. The van der Waals surface area contributed by atoms with Gasteiger partial charge < -0.3 is 11.1 Å². The van der Waals surface area contributed by atoms with Gasteiger partial charge in [0.05, 0.1) is 10.7 Å². The molecule has 0 saturated carbocycles. The number of rotatable bonds is 1. The number of nitrogens with one attached hydrogen (secondary N) is 1. The molecule has 1 aromatic carbocycles. The number of pyridine rings is 1. The van der Waals surface area contributed by atoms with Gasteiger partial charge in [-0.3, -0.25) is 4.98 Å². The van der Waals surface area contributed by atoms with Gasteiger partial charge in [-0.25, -0.2) is 0 Å². The molecule has 0 saturated heterocycles. The van der Waals surface area contributed by atoms with Crippen molar-refractivity contribution in [3.63, 3.8) is 0 Å². The number of aromatic nitrogens is 1. The molecular formula is C10H8ClN3S. The maximum Gasteiger partial charge on any atom is 0.168 e. The molecular weight excluding hydrogens is 230 g/mol. The van der Waals surface area contributed by atoms with E-state index in [-0.39, 0.29) is 5.11 Å². The number of nitrogens with zero attached hydrogens (tertiary/aromatic N) is 1. The largest absolute Gasteiger partial charge is 0.376 e. The van der Waals surface area contributed by atoms with Crippen molar-refractivity contribution in [3.05, 3.63) is 35.6 Å². The molecule has 0 spiro atoms. The van der Waals surface area contributed by atoms with Crippen molar-refractivity contribution >= 4 is 45.4 Å². The lowest BCUT2D eigenvalue weighted by molar-refractivity contribution is 1.36. The topological polar surface area (TPSA) is 50.9 Å². The van der Waals surface area contributed by atoms with Gasteiger partial charge in [-0.15, -0.1) is 0 Å². The summed E-state index contributed by atoms with van der Waals surface area (Å²) in [5.74, 6) is 0. The maximum absolute atomic E-state index is 6.05. The van der Waals surface area contributed by atoms with Crippen LogP contribution in [0.2, 0.25) is 5.02 Å². The number of halogens is 1. The van der Waals surface area contributed by atoms with E-state index in [9.17, 15) is 0 Å². The average molecular weight is 238 g/mol. The number of nitrogens with two attached hydrogens (primary N) is 1. The Morgan fingerprint density at radius 1 is 1.40 bits per heavy atom. The van der Waals surface area contributed by atoms with Crippen LogP contribution in [0.5, 0.6) is 0 Å². The SMILES string of the molecule is NC(=S)Nc1c(Cl)ccc2cnccc12. The number of hydrogen-bond acceptors (Lipinski definition) is 2. The summed E-state index contributed by atoms with van der Waals surface area (Å²) in [5, 5.41) is 5.58. The van der Waals surface area contributed by atoms with E-state index in [1.54, 1.807) is 18.5 Å². The highest BCUT2D eigenvalue weighted by Crippen LogP contribution is 2.30. The number of hydrogen-bond donors (Lipinski definition) is 2. The average Bonchev–Trinajstić information content (AvgIpc) is 2.22. The number of fused-ring (bicyclic) bond motifs is 1. The number of benzene rings is 1. The predicted octanol–water partition coefficient (Wildman–Crippen LogP) is 2.54. The Morgan fingerprint density at radius 2 is 2.20 bits per heavy atom. The Balaban J connectivity index is 2.68. The molecule has 0 atom stereocenters. The normalized spacial score (nSPS) is 10.2. The Morgan fingerprint density at radius 3 is 2.93 bits per heavy atom. The Hall–Kier alpha value is -1.39. The van der Waals surface area contributed by atoms with Gasteiger partial charge in [0.1, 0.15) is 0 Å². The molecule has 2 aromatic rings. The van der Waals surface area contributed by atoms with E-state index >= 15 is 0 Å². The summed E-state index contributed by atoms with van der Waals surface area (Å²) in [6.45, 7) is 0. The highest BCUT2D eigenvalue weighted by molar-refractivity contribution is 7.80. The monoisotopic (exact) mass is 237 g/mol. The molecule has 0 unspecified atom stereocenters. The van der Waals surface area contributed by atoms with Crippen LogP contribution in [-0.4, -0.2) is 10.1 Å². The first-order valence-electron chi connectivity index (χ1n) is 4.27. The Kier molecular flexibility index (Phi) is 2.70. The molecule has 1 heterocycles. The van der Waals surface area contributed by atoms with E-state index in [2.05, 4.69) is 10.3 Å². The summed E-state index contributed by atoms with van der Waals surface area (Å²) >= 11 is 10.8. The van der Waals surface area contributed by atoms with E-state index < -0.39 is 0 Å². The second-order valence-electron chi connectivity index (χ2n) is 3.01. The van der Waals surface area contributed by atoms with Crippen LogP contribution in [0.3, 0.4) is 0 Å². The fourth-order valence-electron chi connectivity index (χ4n) is 1.39. The third kappa shape index (κ3) is 2.00. The lowest BCUT2D eigenvalue weighted by atomic mass is 10.1. The van der Waals surface area contributed by atoms with Gasteiger partial charge in [-0.05, 0) is 24.4 Å². The Bertz CT molecular complexity index is 527. The maximum atomic E-state index is 6.05. The zero-order valence-electron chi connectivity index (χ0n) is 7.70. The fourth-order valence-corrected chi connectivity index (χ4v) is 1.71. The molecule has 3 nitrogen and oxygen atoms in total. The second kappa shape index (κ2) is 4.00. The highest BCUT2D eigenvalue weighted by atomic mass is 35.5. The lowest BCUT2D eigenvalue weighted by Gasteiger charge is -2.09. The molecule has 2 rings (SSSR count). The third-order valence-corrected chi connectivity index (χ3v) is 2.43. The van der Waals surface area contributed by atoms with Gasteiger partial charge in [-0.1, -0.05) is 17.7 Å². The third-order valence-electron chi connectivity index (χ3n) is 2.02. The first-order valence-corrected chi connectivity index (χ1v) is 5.06. The van der Waals surface area contributed by atoms with Crippen molar-refractivity contribution < 1.29 is 0 Å². The zero-order chi connectivity index (χ0) is 10.8. The predicted molar refractivity (Wildman–Crippen MR) is 67.2 cm³/mol. The molecule has 0 radical (unpaired) electrons. The van der Waals surface area contributed by atoms with Crippen LogP contribution >= 0.6 is 23.8 Å². The molecule has 0 aliphatic heterocycles. The summed E-state index contributed by atoms with van der Waals surface area (Å²) in [5.41, 5.74) is 6.16. The Labute approximate surface area is 97.2 Å². The van der Waals surface area contributed by atoms with E-state index in [0.29, 0.717) is 5.02 Å². The van der Waals surface area contributed by atoms with Gasteiger partial charge >= 0.3 is 0 Å². The quantitative estimate of drug-likeness (QED) is 0.749. The molecule has 0 fully saturated rings. The van der Waals surface area contributed by atoms with Gasteiger partial charge in [0, 0.05) is 23.2 Å².